The number of ether oxygens (including phenoxy) is 1. The number of anilines is 1. The van der Waals surface area contributed by atoms with Crippen LogP contribution in [-0.4, -0.2) is 44.6 Å². The SMILES string of the molecule is C=N/C=C1/C=C(c2cc(NSc3cc(C)cnc3OC)cc(F)c2F)C(=NC)NC1=NC. The Morgan fingerprint density at radius 3 is 2.59 bits per heavy atom. The molecule has 0 bridgehead atoms. The van der Waals surface area contributed by atoms with Crippen LogP contribution in [-0.2, 0) is 0 Å². The summed E-state index contributed by atoms with van der Waals surface area (Å²) >= 11 is 1.18. The van der Waals surface area contributed by atoms with E-state index in [0.717, 1.165) is 11.6 Å². The second-order valence-electron chi connectivity index (χ2n) is 6.64. The molecule has 7 nitrogen and oxygen atoms in total. The van der Waals surface area contributed by atoms with Gasteiger partial charge in [-0.2, -0.15) is 0 Å². The lowest BCUT2D eigenvalue weighted by atomic mass is 9.97. The third-order valence-corrected chi connectivity index (χ3v) is 5.34. The van der Waals surface area contributed by atoms with E-state index in [-0.39, 0.29) is 5.56 Å². The molecule has 2 heterocycles. The van der Waals surface area contributed by atoms with E-state index in [1.54, 1.807) is 26.4 Å². The van der Waals surface area contributed by atoms with Gasteiger partial charge in [0.15, 0.2) is 11.6 Å². The second kappa shape index (κ2) is 10.2. The van der Waals surface area contributed by atoms with Gasteiger partial charge in [-0.1, -0.05) is 0 Å². The zero-order valence-electron chi connectivity index (χ0n) is 18.0. The molecule has 0 atom stereocenters. The maximum atomic E-state index is 14.9. The molecule has 1 aromatic carbocycles. The molecular weight excluding hydrogens is 434 g/mol. The number of aliphatic imine (C=N–C) groups is 3. The molecule has 166 valence electrons. The number of aryl methyl sites for hydroxylation is 1. The number of nitrogens with one attached hydrogen (secondary N) is 2. The number of hydrogen-bond donors (Lipinski definition) is 2. The molecule has 0 radical (unpaired) electrons. The van der Waals surface area contributed by atoms with Gasteiger partial charge >= 0.3 is 0 Å². The molecule has 0 unspecified atom stereocenters. The second-order valence-corrected chi connectivity index (χ2v) is 7.49. The van der Waals surface area contributed by atoms with Gasteiger partial charge in [-0.25, -0.2) is 13.8 Å². The van der Waals surface area contributed by atoms with Gasteiger partial charge in [0.25, 0.3) is 0 Å². The van der Waals surface area contributed by atoms with Gasteiger partial charge in [0.2, 0.25) is 5.88 Å². The van der Waals surface area contributed by atoms with Crippen LogP contribution >= 0.6 is 11.9 Å². The molecule has 0 saturated heterocycles. The third kappa shape index (κ3) is 4.86. The molecule has 0 aliphatic carbocycles. The normalized spacial score (nSPS) is 17.3. The number of aromatic nitrogens is 1. The van der Waals surface area contributed by atoms with Crippen molar-refractivity contribution in [2.24, 2.45) is 15.0 Å². The Hall–Kier alpha value is -3.53. The standard InChI is InChI=1S/C22H22F2N6OS/c1-12-6-18(22(31-5)28-10-12)32-30-14-8-15(19(24)17(23)9-14)16-7-13(11-25-2)20(26-3)29-21(16)27-4/h6-11,30H,2H2,1,3-5H3,(H,26,27,29)/b13-11-. The number of amidine groups is 2. The average molecular weight is 457 g/mol. The van der Waals surface area contributed by atoms with E-state index >= 15 is 0 Å². The average Bonchev–Trinajstić information content (AvgIpc) is 2.79. The fraction of sp³-hybridized carbons (Fsp3) is 0.182. The van der Waals surface area contributed by atoms with Crippen LogP contribution in [0.15, 0.2) is 62.1 Å². The van der Waals surface area contributed by atoms with Crippen LogP contribution in [0.1, 0.15) is 11.1 Å². The highest BCUT2D eigenvalue weighted by Crippen LogP contribution is 2.33. The van der Waals surface area contributed by atoms with Gasteiger partial charge in [-0.3, -0.25) is 15.0 Å². The van der Waals surface area contributed by atoms with Crippen molar-refractivity contribution in [3.05, 3.63) is 65.0 Å². The molecule has 32 heavy (non-hydrogen) atoms. The summed E-state index contributed by atoms with van der Waals surface area (Å²) in [4.78, 5) is 17.0. The van der Waals surface area contributed by atoms with Crippen molar-refractivity contribution in [3.8, 4) is 5.88 Å². The van der Waals surface area contributed by atoms with E-state index < -0.39 is 11.6 Å². The molecule has 1 aliphatic rings. The van der Waals surface area contributed by atoms with Crippen LogP contribution < -0.4 is 14.8 Å². The van der Waals surface area contributed by atoms with Crippen LogP contribution in [0.25, 0.3) is 5.57 Å². The number of benzene rings is 1. The van der Waals surface area contributed by atoms with E-state index in [2.05, 4.69) is 36.7 Å². The molecule has 0 saturated carbocycles. The Labute approximate surface area is 189 Å². The number of pyridine rings is 1. The first-order valence-electron chi connectivity index (χ1n) is 9.43. The zero-order chi connectivity index (χ0) is 23.3. The van der Waals surface area contributed by atoms with E-state index in [4.69, 9.17) is 4.74 Å². The molecule has 2 aromatic rings. The van der Waals surface area contributed by atoms with Gasteiger partial charge in [0.1, 0.15) is 11.7 Å². The summed E-state index contributed by atoms with van der Waals surface area (Å²) in [7, 11) is 4.66. The largest absolute Gasteiger partial charge is 0.480 e. The first-order valence-corrected chi connectivity index (χ1v) is 10.2. The lowest BCUT2D eigenvalue weighted by Gasteiger charge is -2.22. The quantitative estimate of drug-likeness (QED) is 0.497. The minimum atomic E-state index is -1.00. The van der Waals surface area contributed by atoms with Crippen LogP contribution in [0.5, 0.6) is 5.88 Å². The minimum Gasteiger partial charge on any atom is -0.480 e. The molecule has 0 fully saturated rings. The van der Waals surface area contributed by atoms with E-state index in [1.165, 1.54) is 31.3 Å². The smallest absolute Gasteiger partial charge is 0.228 e. The molecule has 2 N–H and O–H groups in total. The zero-order valence-corrected chi connectivity index (χ0v) is 18.8. The maximum Gasteiger partial charge on any atom is 0.228 e. The Morgan fingerprint density at radius 2 is 1.94 bits per heavy atom. The van der Waals surface area contributed by atoms with Gasteiger partial charge in [0.05, 0.1) is 12.0 Å². The lowest BCUT2D eigenvalue weighted by Crippen LogP contribution is -2.36. The summed E-state index contributed by atoms with van der Waals surface area (Å²) in [6.07, 6.45) is 4.80. The number of hydrogen-bond acceptors (Lipinski definition) is 7. The minimum absolute atomic E-state index is 0.0284. The van der Waals surface area contributed by atoms with Gasteiger partial charge in [-0.05, 0) is 49.4 Å². The fourth-order valence-corrected chi connectivity index (χ4v) is 3.84. The highest BCUT2D eigenvalue weighted by molar-refractivity contribution is 8.00. The number of rotatable bonds is 6. The topological polar surface area (TPSA) is 83.3 Å². The van der Waals surface area contributed by atoms with Crippen molar-refractivity contribution in [1.82, 2.24) is 10.3 Å². The van der Waals surface area contributed by atoms with Gasteiger partial charge < -0.3 is 14.8 Å². The van der Waals surface area contributed by atoms with Crippen molar-refractivity contribution in [1.29, 1.82) is 0 Å². The van der Waals surface area contributed by atoms with E-state index in [1.807, 2.05) is 13.0 Å². The van der Waals surface area contributed by atoms with Crippen molar-refractivity contribution < 1.29 is 13.5 Å². The highest BCUT2D eigenvalue weighted by Gasteiger charge is 2.24. The number of methoxy groups -OCH3 is 1. The van der Waals surface area contributed by atoms with Crippen molar-refractivity contribution >= 4 is 41.6 Å². The Bertz CT molecular complexity index is 1170. The first kappa shape index (κ1) is 23.1. The molecular formula is C22H22F2N6OS. The van der Waals surface area contributed by atoms with Crippen molar-refractivity contribution in [3.63, 3.8) is 0 Å². The number of nitrogens with zero attached hydrogens (tertiary/aromatic N) is 4. The predicted octanol–water partition coefficient (Wildman–Crippen LogP) is 4.42. The predicted molar refractivity (Wildman–Crippen MR) is 127 cm³/mol. The summed E-state index contributed by atoms with van der Waals surface area (Å²) in [5, 5.41) is 3.02. The molecule has 3 rings (SSSR count). The monoisotopic (exact) mass is 456 g/mol. The van der Waals surface area contributed by atoms with Crippen LogP contribution in [0, 0.1) is 18.6 Å². The van der Waals surface area contributed by atoms with Crippen LogP contribution in [0.3, 0.4) is 0 Å². The van der Waals surface area contributed by atoms with E-state index in [9.17, 15) is 8.78 Å². The fourth-order valence-electron chi connectivity index (χ4n) is 3.02. The van der Waals surface area contributed by atoms with E-state index in [0.29, 0.717) is 39.3 Å². The Morgan fingerprint density at radius 1 is 1.19 bits per heavy atom. The summed E-state index contributed by atoms with van der Waals surface area (Å²) in [5.41, 5.74) is 2.24. The summed E-state index contributed by atoms with van der Waals surface area (Å²) in [5.74, 6) is -0.731. The molecule has 1 aromatic heterocycles. The van der Waals surface area contributed by atoms with Crippen LogP contribution in [0.2, 0.25) is 0 Å². The summed E-state index contributed by atoms with van der Waals surface area (Å²) in [6, 6.07) is 4.47. The van der Waals surface area contributed by atoms with Gasteiger partial charge in [0, 0.05) is 55.0 Å². The molecule has 0 amide bonds. The first-order chi connectivity index (χ1) is 15.4. The lowest BCUT2D eigenvalue weighted by molar-refractivity contribution is 0.387. The highest BCUT2D eigenvalue weighted by atomic mass is 32.2. The molecule has 0 spiro atoms. The Kier molecular flexibility index (Phi) is 7.37. The molecule has 1 aliphatic heterocycles. The maximum absolute atomic E-state index is 14.9. The van der Waals surface area contributed by atoms with Crippen molar-refractivity contribution in [2.75, 3.05) is 25.9 Å². The van der Waals surface area contributed by atoms with Gasteiger partial charge in [-0.15, -0.1) is 0 Å². The summed E-state index contributed by atoms with van der Waals surface area (Å²) in [6.45, 7) is 5.35. The number of halogens is 2. The Balaban J connectivity index is 2.02. The summed E-state index contributed by atoms with van der Waals surface area (Å²) < 4.78 is 37.7. The molecule has 10 heteroatoms. The van der Waals surface area contributed by atoms with Crippen molar-refractivity contribution in [2.45, 2.75) is 11.8 Å². The van der Waals surface area contributed by atoms with Crippen LogP contribution in [0.4, 0.5) is 14.5 Å². The third-order valence-electron chi connectivity index (χ3n) is 4.49.